The van der Waals surface area contributed by atoms with Crippen molar-refractivity contribution in [3.8, 4) is 32.6 Å². The summed E-state index contributed by atoms with van der Waals surface area (Å²) in [5.41, 5.74) is 4.55. The topological polar surface area (TPSA) is 47.5 Å². The van der Waals surface area contributed by atoms with Crippen molar-refractivity contribution in [2.75, 3.05) is 13.2 Å². The van der Waals surface area contributed by atoms with Gasteiger partial charge >= 0.3 is 0 Å². The first-order valence-electron chi connectivity index (χ1n) is 12.8. The van der Waals surface area contributed by atoms with E-state index in [1.807, 2.05) is 38.1 Å². The number of ether oxygens (including phenoxy) is 2. The summed E-state index contributed by atoms with van der Waals surface area (Å²) in [6.07, 6.45) is 5.13. The Hall–Kier alpha value is -2.74. The van der Waals surface area contributed by atoms with Crippen LogP contribution in [0, 0.1) is 0 Å². The summed E-state index contributed by atoms with van der Waals surface area (Å²) >= 11 is 3.43. The number of thiazole rings is 2. The molecule has 5 rings (SSSR count). The summed E-state index contributed by atoms with van der Waals surface area (Å²) in [5.74, 6) is 1.80. The summed E-state index contributed by atoms with van der Waals surface area (Å²) in [7, 11) is 0. The van der Waals surface area contributed by atoms with Gasteiger partial charge in [0.1, 0.15) is 21.5 Å². The summed E-state index contributed by atoms with van der Waals surface area (Å²) in [6, 6.07) is 17.1. The normalized spacial score (nSPS) is 14.0. The van der Waals surface area contributed by atoms with Crippen LogP contribution in [0.4, 0.5) is 0 Å². The van der Waals surface area contributed by atoms with Crippen LogP contribution in [0.3, 0.4) is 0 Å². The molecule has 7 heteroatoms. The lowest BCUT2D eigenvalue weighted by Gasteiger charge is -2.27. The Balaban J connectivity index is 1.28. The number of hydrogen-bond donors (Lipinski definition) is 0. The highest BCUT2D eigenvalue weighted by molar-refractivity contribution is 7.13. The molecule has 0 amide bonds. The number of rotatable bonds is 11. The van der Waals surface area contributed by atoms with Gasteiger partial charge in [0, 0.05) is 41.0 Å². The minimum absolute atomic E-state index is 0.594. The summed E-state index contributed by atoms with van der Waals surface area (Å²) in [6.45, 7) is 7.08. The van der Waals surface area contributed by atoms with Crippen LogP contribution in [0.5, 0.6) is 11.5 Å². The molecular weight excluding hydrogens is 486 g/mol. The van der Waals surface area contributed by atoms with Crippen LogP contribution < -0.4 is 9.47 Å². The molecule has 0 spiro atoms. The fourth-order valence-corrected chi connectivity index (χ4v) is 6.38. The van der Waals surface area contributed by atoms with Gasteiger partial charge in [-0.3, -0.25) is 4.90 Å². The van der Waals surface area contributed by atoms with E-state index in [4.69, 9.17) is 19.4 Å². The van der Waals surface area contributed by atoms with Crippen molar-refractivity contribution in [3.05, 3.63) is 70.7 Å². The van der Waals surface area contributed by atoms with Crippen LogP contribution >= 0.6 is 22.7 Å². The van der Waals surface area contributed by atoms with Crippen LogP contribution in [0.25, 0.3) is 21.1 Å². The first-order chi connectivity index (χ1) is 17.7. The van der Waals surface area contributed by atoms with Gasteiger partial charge in [-0.15, -0.1) is 22.7 Å². The van der Waals surface area contributed by atoms with Crippen LogP contribution in [0.15, 0.2) is 59.3 Å². The molecule has 2 aromatic carbocycles. The van der Waals surface area contributed by atoms with Crippen molar-refractivity contribution < 1.29 is 9.47 Å². The Labute approximate surface area is 221 Å². The van der Waals surface area contributed by atoms with Gasteiger partial charge in [0.05, 0.1) is 24.6 Å². The van der Waals surface area contributed by atoms with E-state index < -0.39 is 0 Å². The van der Waals surface area contributed by atoms with Gasteiger partial charge in [-0.25, -0.2) is 9.97 Å². The lowest BCUT2D eigenvalue weighted by molar-refractivity contribution is 0.177. The maximum atomic E-state index is 5.58. The molecule has 1 saturated carbocycles. The number of nitrogens with zero attached hydrogens (tertiary/aromatic N) is 3. The Morgan fingerprint density at radius 1 is 0.722 bits per heavy atom. The maximum absolute atomic E-state index is 5.58. The molecule has 0 atom stereocenters. The minimum atomic E-state index is 0.594. The highest BCUT2D eigenvalue weighted by Crippen LogP contribution is 2.31. The smallest absolute Gasteiger partial charge is 0.123 e. The van der Waals surface area contributed by atoms with Crippen molar-refractivity contribution >= 4 is 22.7 Å². The third-order valence-corrected chi connectivity index (χ3v) is 8.38. The van der Waals surface area contributed by atoms with Crippen LogP contribution in [0.1, 0.15) is 50.9 Å². The quantitative estimate of drug-likeness (QED) is 0.203. The van der Waals surface area contributed by atoms with Gasteiger partial charge < -0.3 is 9.47 Å². The Kier molecular flexibility index (Phi) is 8.31. The second-order valence-corrected chi connectivity index (χ2v) is 10.8. The first kappa shape index (κ1) is 24.9. The average Bonchev–Trinajstić information content (AvgIpc) is 3.68. The molecule has 4 aromatic rings. The van der Waals surface area contributed by atoms with Crippen molar-refractivity contribution in [2.45, 2.75) is 58.7 Å². The van der Waals surface area contributed by atoms with E-state index in [-0.39, 0.29) is 0 Å². The van der Waals surface area contributed by atoms with E-state index in [1.165, 1.54) is 25.7 Å². The third kappa shape index (κ3) is 6.14. The van der Waals surface area contributed by atoms with Gasteiger partial charge in [0.2, 0.25) is 0 Å². The van der Waals surface area contributed by atoms with E-state index in [1.54, 1.807) is 22.7 Å². The van der Waals surface area contributed by atoms with E-state index in [0.29, 0.717) is 19.3 Å². The molecule has 0 unspecified atom stereocenters. The van der Waals surface area contributed by atoms with Crippen LogP contribution in [-0.4, -0.2) is 34.1 Å². The largest absolute Gasteiger partial charge is 0.494 e. The van der Waals surface area contributed by atoms with Crippen LogP contribution in [-0.2, 0) is 13.1 Å². The Bertz CT molecular complexity index is 1140. The predicted molar refractivity (Wildman–Crippen MR) is 149 cm³/mol. The summed E-state index contributed by atoms with van der Waals surface area (Å²) in [4.78, 5) is 12.6. The molecule has 1 fully saturated rings. The van der Waals surface area contributed by atoms with Gasteiger partial charge in [0.25, 0.3) is 0 Å². The minimum Gasteiger partial charge on any atom is -0.494 e. The van der Waals surface area contributed by atoms with Crippen molar-refractivity contribution in [1.29, 1.82) is 0 Å². The lowest BCUT2D eigenvalue weighted by Crippen LogP contribution is -2.32. The zero-order valence-electron chi connectivity index (χ0n) is 21.0. The third-order valence-electron chi connectivity index (χ3n) is 6.50. The van der Waals surface area contributed by atoms with E-state index in [0.717, 1.165) is 57.1 Å². The van der Waals surface area contributed by atoms with Crippen molar-refractivity contribution in [1.82, 2.24) is 14.9 Å². The molecule has 36 heavy (non-hydrogen) atoms. The van der Waals surface area contributed by atoms with Gasteiger partial charge in [0.15, 0.2) is 0 Å². The molecule has 2 aromatic heterocycles. The number of hydrogen-bond acceptors (Lipinski definition) is 7. The van der Waals surface area contributed by atoms with Gasteiger partial charge in [-0.2, -0.15) is 0 Å². The molecule has 0 bridgehead atoms. The second kappa shape index (κ2) is 12.0. The van der Waals surface area contributed by atoms with E-state index >= 15 is 0 Å². The fourth-order valence-electron chi connectivity index (χ4n) is 4.74. The fraction of sp³-hybridized carbons (Fsp3) is 0.379. The SMILES string of the molecule is CCOc1ccc(-c2nc(CN(Cc3csc(-c4ccc(OCC)cc4)n3)C3CCCC3)cs2)cc1. The molecule has 2 heterocycles. The molecular formula is C29H33N3O2S2. The zero-order chi connectivity index (χ0) is 24.7. The lowest BCUT2D eigenvalue weighted by atomic mass is 10.2. The van der Waals surface area contributed by atoms with Gasteiger partial charge in [-0.1, -0.05) is 12.8 Å². The number of benzene rings is 2. The molecule has 188 valence electrons. The van der Waals surface area contributed by atoms with E-state index in [9.17, 15) is 0 Å². The molecule has 1 aliphatic rings. The monoisotopic (exact) mass is 519 g/mol. The highest BCUT2D eigenvalue weighted by atomic mass is 32.1. The Morgan fingerprint density at radius 2 is 1.17 bits per heavy atom. The molecule has 0 saturated heterocycles. The molecule has 0 aliphatic heterocycles. The van der Waals surface area contributed by atoms with Crippen molar-refractivity contribution in [3.63, 3.8) is 0 Å². The zero-order valence-corrected chi connectivity index (χ0v) is 22.6. The molecule has 5 nitrogen and oxygen atoms in total. The highest BCUT2D eigenvalue weighted by Gasteiger charge is 2.24. The summed E-state index contributed by atoms with van der Waals surface area (Å²) in [5, 5.41) is 6.54. The second-order valence-electron chi connectivity index (χ2n) is 9.05. The standard InChI is InChI=1S/C29H33N3O2S2/c1-3-33-26-13-9-21(10-14-26)28-30-23(19-35-28)17-32(25-7-5-6-8-25)18-24-20-36-29(31-24)22-11-15-27(16-12-22)34-4-2/h9-16,19-20,25H,3-8,17-18H2,1-2H3. The maximum Gasteiger partial charge on any atom is 0.123 e. The van der Waals surface area contributed by atoms with E-state index in [2.05, 4.69) is 39.9 Å². The predicted octanol–water partition coefficient (Wildman–Crippen LogP) is 7.68. The van der Waals surface area contributed by atoms with Crippen LogP contribution in [0.2, 0.25) is 0 Å². The van der Waals surface area contributed by atoms with Crippen molar-refractivity contribution in [2.24, 2.45) is 0 Å². The van der Waals surface area contributed by atoms with Gasteiger partial charge in [-0.05, 0) is 75.2 Å². The first-order valence-corrected chi connectivity index (χ1v) is 14.6. The molecule has 1 aliphatic carbocycles. The summed E-state index contributed by atoms with van der Waals surface area (Å²) < 4.78 is 11.2. The number of aromatic nitrogens is 2. The molecule has 0 N–H and O–H groups in total. The average molecular weight is 520 g/mol. The Morgan fingerprint density at radius 3 is 1.58 bits per heavy atom. The molecule has 0 radical (unpaired) electrons.